The minimum absolute atomic E-state index is 0.263. The Kier molecular flexibility index (Phi) is 5.42. The molecule has 0 bridgehead atoms. The summed E-state index contributed by atoms with van der Waals surface area (Å²) in [4.78, 5) is 13.7. The Hall–Kier alpha value is -2.48. The molecule has 0 spiro atoms. The Morgan fingerprint density at radius 1 is 1.23 bits per heavy atom. The van der Waals surface area contributed by atoms with E-state index in [0.717, 1.165) is 0 Å². The molecule has 0 saturated heterocycles. The van der Waals surface area contributed by atoms with Crippen molar-refractivity contribution in [1.29, 1.82) is 0 Å². The first-order valence-electron chi connectivity index (χ1n) is 6.79. The zero-order chi connectivity index (χ0) is 15.9. The van der Waals surface area contributed by atoms with Crippen LogP contribution in [0.1, 0.15) is 16.2 Å². The molecule has 22 heavy (non-hydrogen) atoms. The maximum Gasteiger partial charge on any atom is 0.315 e. The minimum Gasteiger partial charge on any atom is -0.407 e. The van der Waals surface area contributed by atoms with Crippen molar-refractivity contribution in [3.8, 4) is 0 Å². The van der Waals surface area contributed by atoms with Crippen LogP contribution in [0.2, 0.25) is 0 Å². The molecule has 1 aromatic carbocycles. The molecule has 2 N–H and O–H groups in total. The van der Waals surface area contributed by atoms with Crippen molar-refractivity contribution < 1.29 is 13.6 Å². The average Bonchev–Trinajstić information content (AvgIpc) is 2.91. The van der Waals surface area contributed by atoms with Crippen LogP contribution in [-0.2, 0) is 6.54 Å². The summed E-state index contributed by atoms with van der Waals surface area (Å²) in [5, 5.41) is 13.4. The summed E-state index contributed by atoms with van der Waals surface area (Å²) < 4.78 is 18.1. The van der Waals surface area contributed by atoms with Gasteiger partial charge in [-0.15, -0.1) is 5.10 Å². The zero-order valence-corrected chi connectivity index (χ0v) is 12.5. The van der Waals surface area contributed by atoms with Gasteiger partial charge in [0.25, 0.3) is 5.91 Å². The fraction of sp³-hybridized carbons (Fsp3) is 0.357. The molecular weight excluding hydrogens is 289 g/mol. The molecule has 118 valence electrons. The lowest BCUT2D eigenvalue weighted by Crippen LogP contribution is -2.28. The predicted molar refractivity (Wildman–Crippen MR) is 78.9 cm³/mol. The molecule has 8 heteroatoms. The van der Waals surface area contributed by atoms with E-state index >= 15 is 0 Å². The normalized spacial score (nSPS) is 10.7. The molecule has 0 saturated carbocycles. The Balaban J connectivity index is 1.71. The van der Waals surface area contributed by atoms with E-state index in [9.17, 15) is 9.18 Å². The number of benzene rings is 1. The first-order chi connectivity index (χ1) is 10.5. The van der Waals surface area contributed by atoms with Gasteiger partial charge in [-0.2, -0.15) is 0 Å². The molecular formula is C14H18FN5O2. The van der Waals surface area contributed by atoms with Crippen LogP contribution in [0.15, 0.2) is 28.7 Å². The summed E-state index contributed by atoms with van der Waals surface area (Å²) in [5.74, 6) is -0.119. The van der Waals surface area contributed by atoms with Gasteiger partial charge >= 0.3 is 6.01 Å². The first kappa shape index (κ1) is 15.9. The van der Waals surface area contributed by atoms with Gasteiger partial charge in [-0.05, 0) is 38.4 Å². The number of amides is 1. The van der Waals surface area contributed by atoms with Crippen LogP contribution in [0.5, 0.6) is 0 Å². The van der Waals surface area contributed by atoms with Crippen LogP contribution in [-0.4, -0.2) is 48.2 Å². The third kappa shape index (κ3) is 4.81. The molecule has 0 aliphatic carbocycles. The Bertz CT molecular complexity index is 612. The molecule has 0 unspecified atom stereocenters. The van der Waals surface area contributed by atoms with E-state index in [1.165, 1.54) is 24.3 Å². The summed E-state index contributed by atoms with van der Waals surface area (Å²) in [6.07, 6.45) is 0. The molecule has 0 aliphatic rings. The molecule has 1 amide bonds. The van der Waals surface area contributed by atoms with Crippen LogP contribution < -0.4 is 10.6 Å². The van der Waals surface area contributed by atoms with Gasteiger partial charge in [-0.3, -0.25) is 4.79 Å². The van der Waals surface area contributed by atoms with Gasteiger partial charge in [-0.1, -0.05) is 5.10 Å². The van der Waals surface area contributed by atoms with E-state index in [0.29, 0.717) is 37.1 Å². The monoisotopic (exact) mass is 307 g/mol. The number of halogens is 1. The van der Waals surface area contributed by atoms with Gasteiger partial charge in [0, 0.05) is 18.7 Å². The highest BCUT2D eigenvalue weighted by molar-refractivity contribution is 5.94. The summed E-state index contributed by atoms with van der Waals surface area (Å²) in [5.41, 5.74) is 0.410. The summed E-state index contributed by atoms with van der Waals surface area (Å²) in [7, 11) is 3.81. The molecule has 1 heterocycles. The molecule has 0 aliphatic heterocycles. The largest absolute Gasteiger partial charge is 0.407 e. The molecule has 2 rings (SSSR count). The van der Waals surface area contributed by atoms with Gasteiger partial charge in [0.2, 0.25) is 5.89 Å². The van der Waals surface area contributed by atoms with E-state index in [-0.39, 0.29) is 11.7 Å². The van der Waals surface area contributed by atoms with Crippen LogP contribution in [0.4, 0.5) is 10.4 Å². The number of rotatable bonds is 7. The highest BCUT2D eigenvalue weighted by Gasteiger charge is 2.07. The lowest BCUT2D eigenvalue weighted by atomic mass is 10.2. The van der Waals surface area contributed by atoms with Crippen molar-refractivity contribution >= 4 is 11.9 Å². The standard InChI is InChI=1S/C14H18FN5O2/c1-20(2)9-12-18-19-14(22-12)17-8-7-16-13(21)10-3-5-11(15)6-4-10/h3-6H,7-9H2,1-2H3,(H,16,21)(H,17,19). The maximum atomic E-state index is 12.8. The van der Waals surface area contributed by atoms with Gasteiger partial charge < -0.3 is 20.0 Å². The van der Waals surface area contributed by atoms with Gasteiger partial charge in [0.1, 0.15) is 5.82 Å². The molecule has 0 radical (unpaired) electrons. The van der Waals surface area contributed by atoms with E-state index < -0.39 is 0 Å². The quantitative estimate of drug-likeness (QED) is 0.746. The number of carbonyl (C=O) groups is 1. The zero-order valence-electron chi connectivity index (χ0n) is 12.5. The van der Waals surface area contributed by atoms with E-state index in [4.69, 9.17) is 4.42 Å². The fourth-order valence-electron chi connectivity index (χ4n) is 1.71. The van der Waals surface area contributed by atoms with E-state index in [1.807, 2.05) is 19.0 Å². The third-order valence-corrected chi connectivity index (χ3v) is 2.71. The predicted octanol–water partition coefficient (Wildman–Crippen LogP) is 1.11. The smallest absolute Gasteiger partial charge is 0.315 e. The van der Waals surface area contributed by atoms with Crippen molar-refractivity contribution in [2.75, 3.05) is 32.5 Å². The number of hydrogen-bond donors (Lipinski definition) is 2. The minimum atomic E-state index is -0.372. The number of hydrogen-bond acceptors (Lipinski definition) is 6. The second-order valence-corrected chi connectivity index (χ2v) is 4.93. The van der Waals surface area contributed by atoms with Gasteiger partial charge in [0.05, 0.1) is 6.54 Å². The fourth-order valence-corrected chi connectivity index (χ4v) is 1.71. The number of nitrogens with zero attached hydrogens (tertiary/aromatic N) is 3. The molecule has 1 aromatic heterocycles. The van der Waals surface area contributed by atoms with E-state index in [2.05, 4.69) is 20.8 Å². The van der Waals surface area contributed by atoms with Crippen molar-refractivity contribution in [2.24, 2.45) is 0 Å². The Morgan fingerprint density at radius 3 is 2.64 bits per heavy atom. The molecule has 2 aromatic rings. The topological polar surface area (TPSA) is 83.3 Å². The average molecular weight is 307 g/mol. The van der Waals surface area contributed by atoms with Crippen LogP contribution in [0.25, 0.3) is 0 Å². The Labute approximate surface area is 127 Å². The SMILES string of the molecule is CN(C)Cc1nnc(NCCNC(=O)c2ccc(F)cc2)o1. The Morgan fingerprint density at radius 2 is 1.95 bits per heavy atom. The maximum absolute atomic E-state index is 12.8. The van der Waals surface area contributed by atoms with Crippen LogP contribution in [0.3, 0.4) is 0 Å². The van der Waals surface area contributed by atoms with Crippen molar-refractivity contribution in [2.45, 2.75) is 6.54 Å². The summed E-state index contributed by atoms with van der Waals surface area (Å²) in [6, 6.07) is 5.68. The second kappa shape index (κ2) is 7.51. The number of anilines is 1. The molecule has 7 nitrogen and oxygen atoms in total. The first-order valence-corrected chi connectivity index (χ1v) is 6.79. The van der Waals surface area contributed by atoms with Gasteiger partial charge in [-0.25, -0.2) is 4.39 Å². The van der Waals surface area contributed by atoms with Crippen LogP contribution in [0, 0.1) is 5.82 Å². The molecule has 0 fully saturated rings. The summed E-state index contributed by atoms with van der Waals surface area (Å²) in [6.45, 7) is 1.38. The lowest BCUT2D eigenvalue weighted by Gasteiger charge is -2.05. The third-order valence-electron chi connectivity index (χ3n) is 2.71. The van der Waals surface area contributed by atoms with E-state index in [1.54, 1.807) is 0 Å². The van der Waals surface area contributed by atoms with Crippen molar-refractivity contribution in [3.63, 3.8) is 0 Å². The molecule has 0 atom stereocenters. The number of aromatic nitrogens is 2. The second-order valence-electron chi connectivity index (χ2n) is 4.93. The van der Waals surface area contributed by atoms with Crippen LogP contribution >= 0.6 is 0 Å². The number of nitrogens with one attached hydrogen (secondary N) is 2. The number of carbonyl (C=O) groups excluding carboxylic acids is 1. The van der Waals surface area contributed by atoms with Gasteiger partial charge in [0.15, 0.2) is 0 Å². The van der Waals surface area contributed by atoms with Crippen molar-refractivity contribution in [3.05, 3.63) is 41.5 Å². The summed E-state index contributed by atoms with van der Waals surface area (Å²) >= 11 is 0. The highest BCUT2D eigenvalue weighted by atomic mass is 19.1. The lowest BCUT2D eigenvalue weighted by molar-refractivity contribution is 0.0955. The highest BCUT2D eigenvalue weighted by Crippen LogP contribution is 2.06. The van der Waals surface area contributed by atoms with Crippen molar-refractivity contribution in [1.82, 2.24) is 20.4 Å².